The number of amides is 1. The Kier molecular flexibility index (Phi) is 9.21. The molecular weight excluding hydrogens is 717 g/mol. The number of rotatable bonds is 8. The summed E-state index contributed by atoms with van der Waals surface area (Å²) in [6.07, 6.45) is 3.30. The molecule has 1 aliphatic rings. The van der Waals surface area contributed by atoms with Crippen LogP contribution in [-0.4, -0.2) is 64.2 Å². The minimum absolute atomic E-state index is 0.0159. The van der Waals surface area contributed by atoms with E-state index >= 15 is 0 Å². The molecule has 0 bridgehead atoms. The summed E-state index contributed by atoms with van der Waals surface area (Å²) in [4.78, 5) is 23.4. The third-order valence-corrected chi connectivity index (χ3v) is 15.1. The number of carbonyl (C=O) groups is 1. The largest absolute Gasteiger partial charge is 0.465 e. The van der Waals surface area contributed by atoms with E-state index in [1.54, 1.807) is 6.33 Å². The van der Waals surface area contributed by atoms with Crippen LogP contribution in [0.2, 0.25) is 18.1 Å². The first-order valence-corrected chi connectivity index (χ1v) is 20.0. The van der Waals surface area contributed by atoms with E-state index in [0.29, 0.717) is 25.3 Å². The fourth-order valence-corrected chi connectivity index (χ4v) is 8.66. The number of nitrogens with one attached hydrogen (secondary N) is 1. The van der Waals surface area contributed by atoms with Crippen molar-refractivity contribution >= 4 is 53.9 Å². The van der Waals surface area contributed by atoms with E-state index in [-0.39, 0.29) is 17.2 Å². The monoisotopic (exact) mass is 759 g/mol. The Morgan fingerprint density at radius 2 is 1.43 bits per heavy atom. The highest BCUT2D eigenvalue weighted by atomic mass is 127. The van der Waals surface area contributed by atoms with Gasteiger partial charge in [0.05, 0.1) is 11.5 Å². The molecule has 0 saturated carbocycles. The van der Waals surface area contributed by atoms with E-state index < -0.39 is 19.9 Å². The number of hydrogen-bond acceptors (Lipinski definition) is 5. The maximum Gasteiger partial charge on any atom is 0.407 e. The molecule has 10 heteroatoms. The molecule has 0 spiro atoms. The predicted octanol–water partition coefficient (Wildman–Crippen LogP) is 8.43. The second-order valence-electron chi connectivity index (χ2n) is 13.8. The average molecular weight is 760 g/mol. The number of nitrogens with zero attached hydrogens (tertiary/aromatic N) is 4. The molecule has 1 aliphatic heterocycles. The first-order valence-electron chi connectivity index (χ1n) is 16.0. The van der Waals surface area contributed by atoms with Gasteiger partial charge in [-0.05, 0) is 63.8 Å². The molecule has 244 valence electrons. The Morgan fingerprint density at radius 3 is 1.91 bits per heavy atom. The van der Waals surface area contributed by atoms with Crippen molar-refractivity contribution in [1.82, 2.24) is 19.4 Å². The van der Waals surface area contributed by atoms with Crippen molar-refractivity contribution in [1.29, 1.82) is 0 Å². The van der Waals surface area contributed by atoms with Crippen LogP contribution in [-0.2, 0) is 9.96 Å². The highest BCUT2D eigenvalue weighted by Gasteiger charge is 2.43. The Morgan fingerprint density at radius 1 is 0.894 bits per heavy atom. The van der Waals surface area contributed by atoms with Gasteiger partial charge in [0.2, 0.25) is 0 Å². The second kappa shape index (κ2) is 13.0. The van der Waals surface area contributed by atoms with Crippen LogP contribution in [0.3, 0.4) is 0 Å². The fraction of sp³-hybridized carbons (Fsp3) is 0.324. The number of halogens is 1. The van der Waals surface area contributed by atoms with Crippen LogP contribution < -0.4 is 5.32 Å². The zero-order valence-corrected chi connectivity index (χ0v) is 30.7. The van der Waals surface area contributed by atoms with Crippen molar-refractivity contribution in [3.05, 3.63) is 124 Å². The lowest BCUT2D eigenvalue weighted by molar-refractivity contribution is 0.0665. The van der Waals surface area contributed by atoms with Gasteiger partial charge >= 0.3 is 6.09 Å². The van der Waals surface area contributed by atoms with E-state index in [1.165, 1.54) is 4.90 Å². The van der Waals surface area contributed by atoms with Crippen LogP contribution >= 0.6 is 22.6 Å². The molecular formula is C37H42IN5O3Si. The summed E-state index contributed by atoms with van der Waals surface area (Å²) >= 11 is 2.38. The first-order chi connectivity index (χ1) is 22.4. The zero-order valence-electron chi connectivity index (χ0n) is 27.5. The van der Waals surface area contributed by atoms with E-state index in [2.05, 4.69) is 145 Å². The van der Waals surface area contributed by atoms with Gasteiger partial charge in [0.1, 0.15) is 23.3 Å². The summed E-state index contributed by atoms with van der Waals surface area (Å²) in [6, 6.07) is 31.4. The zero-order chi connectivity index (χ0) is 33.4. The molecule has 2 atom stereocenters. The molecule has 3 aromatic carbocycles. The van der Waals surface area contributed by atoms with Gasteiger partial charge in [-0.1, -0.05) is 112 Å². The van der Waals surface area contributed by atoms with Gasteiger partial charge in [-0.15, -0.1) is 0 Å². The normalized spacial score (nSPS) is 17.5. The van der Waals surface area contributed by atoms with Crippen molar-refractivity contribution < 1.29 is 14.3 Å². The van der Waals surface area contributed by atoms with Crippen molar-refractivity contribution in [3.63, 3.8) is 0 Å². The van der Waals surface area contributed by atoms with Crippen LogP contribution in [0.4, 0.5) is 10.6 Å². The summed E-state index contributed by atoms with van der Waals surface area (Å²) in [5, 5.41) is 14.6. The highest BCUT2D eigenvalue weighted by molar-refractivity contribution is 14.1. The number of benzene rings is 3. The van der Waals surface area contributed by atoms with Crippen molar-refractivity contribution in [2.24, 2.45) is 0 Å². The third kappa shape index (κ3) is 6.30. The van der Waals surface area contributed by atoms with Crippen LogP contribution in [0.1, 0.15) is 43.9 Å². The Bertz CT molecular complexity index is 1750. The summed E-state index contributed by atoms with van der Waals surface area (Å²) in [5.41, 5.74) is 3.37. The molecule has 3 heterocycles. The average Bonchev–Trinajstić information content (AvgIpc) is 3.39. The lowest BCUT2D eigenvalue weighted by Crippen LogP contribution is -2.55. The van der Waals surface area contributed by atoms with Crippen LogP contribution in [0.15, 0.2) is 104 Å². The lowest BCUT2D eigenvalue weighted by atomic mass is 9.76. The predicted molar refractivity (Wildman–Crippen MR) is 199 cm³/mol. The molecule has 47 heavy (non-hydrogen) atoms. The molecule has 5 aromatic rings. The molecule has 1 saturated heterocycles. The second-order valence-corrected chi connectivity index (χ2v) is 19.8. The number of hydrogen-bond donors (Lipinski definition) is 2. The van der Waals surface area contributed by atoms with Gasteiger partial charge in [0.15, 0.2) is 8.32 Å². The highest BCUT2D eigenvalue weighted by Crippen LogP contribution is 2.44. The maximum absolute atomic E-state index is 12.3. The summed E-state index contributed by atoms with van der Waals surface area (Å²) < 4.78 is 10.0. The van der Waals surface area contributed by atoms with Gasteiger partial charge in [-0.25, -0.2) is 14.8 Å². The maximum atomic E-state index is 12.3. The molecule has 2 N–H and O–H groups in total. The van der Waals surface area contributed by atoms with E-state index in [1.807, 2.05) is 18.2 Å². The number of anilines is 1. The number of carboxylic acid groups (broad SMARTS) is 1. The quantitative estimate of drug-likeness (QED) is 0.0938. The molecule has 8 nitrogen and oxygen atoms in total. The topological polar surface area (TPSA) is 92.5 Å². The minimum atomic E-state index is -2.12. The van der Waals surface area contributed by atoms with Gasteiger partial charge in [-0.3, -0.25) is 0 Å². The van der Waals surface area contributed by atoms with Crippen molar-refractivity contribution in [3.8, 4) is 0 Å². The summed E-state index contributed by atoms with van der Waals surface area (Å²) in [5.74, 6) is 0.685. The smallest absolute Gasteiger partial charge is 0.407 e. The number of aromatic nitrogens is 3. The summed E-state index contributed by atoms with van der Waals surface area (Å²) in [7, 11) is -2.12. The molecule has 1 fully saturated rings. The molecule has 0 aliphatic carbocycles. The third-order valence-electron chi connectivity index (χ3n) is 9.76. The Balaban J connectivity index is 1.47. The van der Waals surface area contributed by atoms with E-state index in [9.17, 15) is 9.90 Å². The number of piperidine rings is 1. The molecule has 0 unspecified atom stereocenters. The lowest BCUT2D eigenvalue weighted by Gasteiger charge is -2.43. The minimum Gasteiger partial charge on any atom is -0.465 e. The fourth-order valence-electron chi connectivity index (χ4n) is 6.52. The molecule has 0 radical (unpaired) electrons. The Hall–Kier alpha value is -3.74. The first kappa shape index (κ1) is 33.2. The summed E-state index contributed by atoms with van der Waals surface area (Å²) in [6.45, 7) is 11.8. The number of fused-ring (bicyclic) bond motifs is 1. The van der Waals surface area contributed by atoms with Crippen molar-refractivity contribution in [2.75, 3.05) is 18.4 Å². The standard InChI is InChI=1S/C37H42IN5O3Si/c1-36(2,3)47(4,5)46-30-21-29(22-42(23-30)35(44)45)41-33-32-31(38)24-43(34(32)40-25-39-33)37(26-15-9-6-10-16-26,27-17-11-7-12-18-27)28-19-13-8-14-20-28/h6-20,24-25,29-30H,21-23H2,1-5H3,(H,44,45)(H,39,40,41)/t29-,30+/m1/s1. The van der Waals surface area contributed by atoms with Gasteiger partial charge in [0.25, 0.3) is 0 Å². The van der Waals surface area contributed by atoms with Gasteiger partial charge in [-0.2, -0.15) is 0 Å². The Labute approximate surface area is 291 Å². The van der Waals surface area contributed by atoms with Crippen LogP contribution in [0.25, 0.3) is 11.0 Å². The molecule has 6 rings (SSSR count). The molecule has 2 aromatic heterocycles. The van der Waals surface area contributed by atoms with Gasteiger partial charge < -0.3 is 24.3 Å². The van der Waals surface area contributed by atoms with E-state index in [4.69, 9.17) is 14.4 Å². The molecule has 1 amide bonds. The van der Waals surface area contributed by atoms with Crippen molar-refractivity contribution in [2.45, 2.75) is 63.0 Å². The van der Waals surface area contributed by atoms with E-state index in [0.717, 1.165) is 31.3 Å². The van der Waals surface area contributed by atoms with Crippen LogP contribution in [0.5, 0.6) is 0 Å². The van der Waals surface area contributed by atoms with Gasteiger partial charge in [0, 0.05) is 28.9 Å². The number of likely N-dealkylation sites (tertiary alicyclic amines) is 1. The SMILES string of the molecule is CC(C)(C)[Si](C)(C)O[C@H]1C[C@@H](Nc2ncnc3c2c(I)cn3C(c2ccccc2)(c2ccccc2)c2ccccc2)CN(C(=O)O)C1. The van der Waals surface area contributed by atoms with Crippen LogP contribution in [0, 0.1) is 3.57 Å².